The average Bonchev–Trinajstić information content (AvgIpc) is 3.22. The standard InChI is InChI=1S/C16H27N3OS/c1-4-9-19(5-2)10-8-18-16-13(12-6-7-12)14(17)15(21-16)11(3)20/h12,18H,4-10,17H2,1-3H3. The van der Waals surface area contributed by atoms with Crippen molar-refractivity contribution < 1.29 is 4.79 Å². The van der Waals surface area contributed by atoms with E-state index >= 15 is 0 Å². The van der Waals surface area contributed by atoms with E-state index in [-0.39, 0.29) is 5.78 Å². The normalized spacial score (nSPS) is 14.7. The Kier molecular flexibility index (Phi) is 5.65. The molecule has 3 N–H and O–H groups in total. The van der Waals surface area contributed by atoms with Gasteiger partial charge in [0.25, 0.3) is 0 Å². The Hall–Kier alpha value is -1.07. The first-order valence-corrected chi connectivity index (χ1v) is 8.79. The van der Waals surface area contributed by atoms with Gasteiger partial charge in [-0.1, -0.05) is 13.8 Å². The van der Waals surface area contributed by atoms with E-state index in [1.54, 1.807) is 6.92 Å². The lowest BCUT2D eigenvalue weighted by Gasteiger charge is -2.19. The summed E-state index contributed by atoms with van der Waals surface area (Å²) < 4.78 is 0. The number of hydrogen-bond donors (Lipinski definition) is 2. The maximum absolute atomic E-state index is 11.7. The van der Waals surface area contributed by atoms with E-state index in [0.29, 0.717) is 5.92 Å². The topological polar surface area (TPSA) is 58.4 Å². The largest absolute Gasteiger partial charge is 0.397 e. The predicted octanol–water partition coefficient (Wildman–Crippen LogP) is 3.55. The molecule has 0 aliphatic heterocycles. The van der Waals surface area contributed by atoms with Crippen LogP contribution < -0.4 is 11.1 Å². The van der Waals surface area contributed by atoms with E-state index in [1.807, 2.05) is 0 Å². The number of ketones is 1. The Balaban J connectivity index is 2.02. The SMILES string of the molecule is CCCN(CC)CCNc1sc(C(C)=O)c(N)c1C1CC1. The number of thiophene rings is 1. The highest BCUT2D eigenvalue weighted by molar-refractivity contribution is 7.18. The number of nitrogens with one attached hydrogen (secondary N) is 1. The molecule has 0 saturated heterocycles. The molecule has 0 amide bonds. The summed E-state index contributed by atoms with van der Waals surface area (Å²) in [6.45, 7) is 10.2. The van der Waals surface area contributed by atoms with Gasteiger partial charge in [-0.25, -0.2) is 0 Å². The van der Waals surface area contributed by atoms with Crippen LogP contribution in [0, 0.1) is 0 Å². The van der Waals surface area contributed by atoms with Crippen LogP contribution in [0.3, 0.4) is 0 Å². The van der Waals surface area contributed by atoms with E-state index in [9.17, 15) is 4.79 Å². The first-order valence-electron chi connectivity index (χ1n) is 7.97. The molecule has 1 aliphatic rings. The lowest BCUT2D eigenvalue weighted by atomic mass is 10.1. The van der Waals surface area contributed by atoms with Gasteiger partial charge < -0.3 is 16.0 Å². The third kappa shape index (κ3) is 3.98. The summed E-state index contributed by atoms with van der Waals surface area (Å²) in [5.74, 6) is 0.642. The van der Waals surface area contributed by atoms with Gasteiger partial charge in [0, 0.05) is 25.6 Å². The molecule has 1 heterocycles. The van der Waals surface area contributed by atoms with Gasteiger partial charge in [0.05, 0.1) is 15.6 Å². The van der Waals surface area contributed by atoms with Crippen LogP contribution in [0.4, 0.5) is 10.7 Å². The molecule has 1 saturated carbocycles. The number of nitrogen functional groups attached to an aromatic ring is 1. The summed E-state index contributed by atoms with van der Waals surface area (Å²) in [4.78, 5) is 14.8. The van der Waals surface area contributed by atoms with Crippen LogP contribution in [0.5, 0.6) is 0 Å². The van der Waals surface area contributed by atoms with Crippen molar-refractivity contribution in [2.24, 2.45) is 0 Å². The molecule has 1 fully saturated rings. The van der Waals surface area contributed by atoms with Crippen LogP contribution in [-0.2, 0) is 0 Å². The number of anilines is 2. The second-order valence-corrected chi connectivity index (χ2v) is 6.80. The molecule has 0 aromatic carbocycles. The molecule has 5 heteroatoms. The number of rotatable bonds is 9. The minimum Gasteiger partial charge on any atom is -0.397 e. The highest BCUT2D eigenvalue weighted by Gasteiger charge is 2.32. The van der Waals surface area contributed by atoms with Crippen molar-refractivity contribution in [3.05, 3.63) is 10.4 Å². The monoisotopic (exact) mass is 309 g/mol. The molecule has 1 aromatic heterocycles. The van der Waals surface area contributed by atoms with Crippen molar-refractivity contribution in [2.75, 3.05) is 37.2 Å². The van der Waals surface area contributed by atoms with Crippen LogP contribution in [0.1, 0.15) is 61.2 Å². The number of nitrogens with two attached hydrogens (primary N) is 1. The highest BCUT2D eigenvalue weighted by atomic mass is 32.1. The van der Waals surface area contributed by atoms with Crippen molar-refractivity contribution in [3.8, 4) is 0 Å². The maximum atomic E-state index is 11.7. The summed E-state index contributed by atoms with van der Waals surface area (Å²) in [6, 6.07) is 0. The number of carbonyl (C=O) groups is 1. The predicted molar refractivity (Wildman–Crippen MR) is 91.6 cm³/mol. The highest BCUT2D eigenvalue weighted by Crippen LogP contribution is 2.50. The number of likely N-dealkylation sites (N-methyl/N-ethyl adjacent to an activating group) is 1. The van der Waals surface area contributed by atoms with Gasteiger partial charge in [-0.05, 0) is 38.3 Å². The van der Waals surface area contributed by atoms with Crippen molar-refractivity contribution in [1.82, 2.24) is 4.90 Å². The third-order valence-corrected chi connectivity index (χ3v) is 5.27. The van der Waals surface area contributed by atoms with Gasteiger partial charge in [-0.3, -0.25) is 4.79 Å². The van der Waals surface area contributed by atoms with Crippen LogP contribution >= 0.6 is 11.3 Å². The molecule has 0 atom stereocenters. The zero-order chi connectivity index (χ0) is 15.4. The lowest BCUT2D eigenvalue weighted by molar-refractivity contribution is 0.102. The Morgan fingerprint density at radius 2 is 2.10 bits per heavy atom. The maximum Gasteiger partial charge on any atom is 0.171 e. The zero-order valence-corrected chi connectivity index (χ0v) is 14.2. The van der Waals surface area contributed by atoms with E-state index in [4.69, 9.17) is 5.73 Å². The van der Waals surface area contributed by atoms with Crippen molar-refractivity contribution in [1.29, 1.82) is 0 Å². The first kappa shape index (κ1) is 16.3. The second-order valence-electron chi connectivity index (χ2n) is 5.78. The average molecular weight is 309 g/mol. The Morgan fingerprint density at radius 1 is 1.38 bits per heavy atom. The molecule has 0 unspecified atom stereocenters. The minimum absolute atomic E-state index is 0.0774. The number of hydrogen-bond acceptors (Lipinski definition) is 5. The summed E-state index contributed by atoms with van der Waals surface area (Å²) in [5, 5.41) is 4.64. The summed E-state index contributed by atoms with van der Waals surface area (Å²) in [7, 11) is 0. The fraction of sp³-hybridized carbons (Fsp3) is 0.688. The van der Waals surface area contributed by atoms with E-state index in [2.05, 4.69) is 24.1 Å². The van der Waals surface area contributed by atoms with Crippen LogP contribution in [-0.4, -0.2) is 36.9 Å². The summed E-state index contributed by atoms with van der Waals surface area (Å²) in [6.07, 6.45) is 3.58. The van der Waals surface area contributed by atoms with Crippen LogP contribution in [0.25, 0.3) is 0 Å². The van der Waals surface area contributed by atoms with Crippen LogP contribution in [0.2, 0.25) is 0 Å². The minimum atomic E-state index is 0.0774. The molecule has 0 spiro atoms. The smallest absolute Gasteiger partial charge is 0.171 e. The molecule has 4 nitrogen and oxygen atoms in total. The number of nitrogens with zero attached hydrogens (tertiary/aromatic N) is 1. The zero-order valence-electron chi connectivity index (χ0n) is 13.4. The fourth-order valence-corrected chi connectivity index (χ4v) is 3.83. The Bertz CT molecular complexity index is 494. The Labute approximate surface area is 131 Å². The molecule has 0 bridgehead atoms. The van der Waals surface area contributed by atoms with Crippen molar-refractivity contribution >= 4 is 27.8 Å². The summed E-state index contributed by atoms with van der Waals surface area (Å²) >= 11 is 1.53. The molecule has 2 rings (SSSR count). The van der Waals surface area contributed by atoms with Gasteiger partial charge >= 0.3 is 0 Å². The molecule has 0 radical (unpaired) electrons. The van der Waals surface area contributed by atoms with Gasteiger partial charge in [-0.2, -0.15) is 0 Å². The van der Waals surface area contributed by atoms with Crippen LogP contribution in [0.15, 0.2) is 0 Å². The molecule has 1 aliphatic carbocycles. The first-order chi connectivity index (χ1) is 10.1. The van der Waals surface area contributed by atoms with E-state index < -0.39 is 0 Å². The fourth-order valence-electron chi connectivity index (χ4n) is 2.70. The quantitative estimate of drug-likeness (QED) is 0.685. The van der Waals surface area contributed by atoms with E-state index in [1.165, 1.54) is 36.2 Å². The molecule has 1 aromatic rings. The number of Topliss-reactive ketones (excluding diaryl/α,β-unsaturated/α-hetero) is 1. The van der Waals surface area contributed by atoms with E-state index in [0.717, 1.165) is 41.7 Å². The molecular weight excluding hydrogens is 282 g/mol. The third-order valence-electron chi connectivity index (χ3n) is 3.99. The van der Waals surface area contributed by atoms with Crippen molar-refractivity contribution in [3.63, 3.8) is 0 Å². The Morgan fingerprint density at radius 3 is 2.62 bits per heavy atom. The van der Waals surface area contributed by atoms with Gasteiger partial charge in [0.2, 0.25) is 0 Å². The lowest BCUT2D eigenvalue weighted by Crippen LogP contribution is -2.29. The summed E-state index contributed by atoms with van der Waals surface area (Å²) in [5.41, 5.74) is 8.11. The van der Waals surface area contributed by atoms with Gasteiger partial charge in [0.15, 0.2) is 5.78 Å². The van der Waals surface area contributed by atoms with Gasteiger partial charge in [-0.15, -0.1) is 11.3 Å². The molecule has 21 heavy (non-hydrogen) atoms. The second kappa shape index (κ2) is 7.27. The molecule has 118 valence electrons. The van der Waals surface area contributed by atoms with Gasteiger partial charge in [0.1, 0.15) is 0 Å². The van der Waals surface area contributed by atoms with Crippen molar-refractivity contribution in [2.45, 2.75) is 46.0 Å². The molecular formula is C16H27N3OS. The number of carbonyl (C=O) groups excluding carboxylic acids is 1.